The van der Waals surface area contributed by atoms with Crippen LogP contribution in [0.2, 0.25) is 10.0 Å². The number of amides is 1. The smallest absolute Gasteiger partial charge is 0.339 e. The zero-order valence-corrected chi connectivity index (χ0v) is 21.8. The normalized spacial score (nSPS) is 22.6. The second-order valence-electron chi connectivity index (χ2n) is 10.2. The van der Waals surface area contributed by atoms with Gasteiger partial charge in [-0.3, -0.25) is 14.5 Å². The van der Waals surface area contributed by atoms with Crippen molar-refractivity contribution in [3.63, 3.8) is 0 Å². The number of methoxy groups -OCH3 is 1. The molecule has 7 nitrogen and oxygen atoms in total. The molecule has 5 rings (SSSR count). The van der Waals surface area contributed by atoms with Crippen molar-refractivity contribution < 1.29 is 19.1 Å². The van der Waals surface area contributed by atoms with E-state index in [1.165, 1.54) is 7.11 Å². The van der Waals surface area contributed by atoms with E-state index in [-0.39, 0.29) is 29.2 Å². The number of aryl methyl sites for hydroxylation is 1. The summed E-state index contributed by atoms with van der Waals surface area (Å²) in [5, 5.41) is 3.57. The Morgan fingerprint density at radius 3 is 2.50 bits per heavy atom. The number of nitrogens with two attached hydrogens (primary N) is 1. The summed E-state index contributed by atoms with van der Waals surface area (Å²) in [7, 11) is 1.21. The predicted molar refractivity (Wildman–Crippen MR) is 139 cm³/mol. The predicted octanol–water partition coefficient (Wildman–Crippen LogP) is 5.00. The number of hydrogen-bond acceptors (Lipinski definition) is 6. The third kappa shape index (κ3) is 3.29. The first-order valence-corrected chi connectivity index (χ1v) is 12.2. The third-order valence-corrected chi connectivity index (χ3v) is 7.62. The molecule has 0 radical (unpaired) electrons. The zero-order chi connectivity index (χ0) is 26.2. The molecule has 9 heteroatoms. The molecule has 3 aliphatic rings. The molecule has 1 unspecified atom stereocenters. The van der Waals surface area contributed by atoms with Crippen LogP contribution in [0.25, 0.3) is 0 Å². The lowest BCUT2D eigenvalue weighted by atomic mass is 9.60. The number of fused-ring (bicyclic) bond motifs is 3. The molecule has 1 aliphatic carbocycles. The Labute approximate surface area is 218 Å². The van der Waals surface area contributed by atoms with Gasteiger partial charge in [-0.2, -0.15) is 0 Å². The van der Waals surface area contributed by atoms with Gasteiger partial charge >= 0.3 is 5.97 Å². The quantitative estimate of drug-likeness (QED) is 0.535. The summed E-state index contributed by atoms with van der Waals surface area (Å²) in [6.07, 6.45) is 0.596. The fourth-order valence-corrected chi connectivity index (χ4v) is 6.17. The van der Waals surface area contributed by atoms with Crippen LogP contribution >= 0.6 is 23.2 Å². The molecule has 0 bridgehead atoms. The molecule has 2 heterocycles. The van der Waals surface area contributed by atoms with Crippen molar-refractivity contribution in [3.8, 4) is 0 Å². The second kappa shape index (κ2) is 8.11. The van der Waals surface area contributed by atoms with Crippen molar-refractivity contribution in [2.45, 2.75) is 39.0 Å². The maximum atomic E-state index is 14.0. The molecule has 1 amide bonds. The number of ketones is 1. The number of esters is 1. The minimum absolute atomic E-state index is 0.0279. The molecular weight excluding hydrogens is 501 g/mol. The number of carbonyl (C=O) groups is 3. The highest BCUT2D eigenvalue weighted by Crippen LogP contribution is 2.58. The molecule has 0 saturated carbocycles. The van der Waals surface area contributed by atoms with Gasteiger partial charge in [0.1, 0.15) is 16.8 Å². The Hall–Kier alpha value is -3.29. The molecular formula is C27H25Cl2N3O4. The summed E-state index contributed by atoms with van der Waals surface area (Å²) in [6, 6.07) is 10.3. The van der Waals surface area contributed by atoms with E-state index < -0.39 is 22.7 Å². The van der Waals surface area contributed by atoms with E-state index in [1.54, 1.807) is 35.2 Å². The van der Waals surface area contributed by atoms with Crippen LogP contribution in [0.3, 0.4) is 0 Å². The van der Waals surface area contributed by atoms with E-state index >= 15 is 0 Å². The standard InChI is InChI=1S/C27H25Cl2N3O4/c1-13-5-8-18(16(29)9-13)32-19-11-26(2,3)12-20(33)21(19)27(22(23(32)30)24(34)36-4)15-10-14(28)6-7-17(15)31-25(27)35/h5-10H,11-12,30H2,1-4H3,(H,31,35). The molecule has 0 fully saturated rings. The highest BCUT2D eigenvalue weighted by molar-refractivity contribution is 6.34. The van der Waals surface area contributed by atoms with Crippen LogP contribution in [0, 0.1) is 12.3 Å². The van der Waals surface area contributed by atoms with Gasteiger partial charge in [-0.25, -0.2) is 4.79 Å². The molecule has 0 saturated heterocycles. The Morgan fingerprint density at radius 1 is 1.11 bits per heavy atom. The average molecular weight is 526 g/mol. The van der Waals surface area contributed by atoms with Crippen LogP contribution < -0.4 is 16.0 Å². The summed E-state index contributed by atoms with van der Waals surface area (Å²) in [5.74, 6) is -1.67. The van der Waals surface area contributed by atoms with Crippen LogP contribution in [-0.4, -0.2) is 24.8 Å². The molecule has 186 valence electrons. The number of rotatable bonds is 2. The lowest BCUT2D eigenvalue weighted by Gasteiger charge is -2.47. The molecule has 1 atom stereocenters. The van der Waals surface area contributed by atoms with E-state index in [9.17, 15) is 14.4 Å². The Bertz CT molecular complexity index is 1440. The fourth-order valence-electron chi connectivity index (χ4n) is 5.68. The van der Waals surface area contributed by atoms with Gasteiger partial charge in [-0.15, -0.1) is 0 Å². The molecule has 2 aromatic rings. The zero-order valence-electron chi connectivity index (χ0n) is 20.3. The number of nitrogens with one attached hydrogen (secondary N) is 1. The number of anilines is 2. The van der Waals surface area contributed by atoms with Gasteiger partial charge in [0.15, 0.2) is 5.78 Å². The van der Waals surface area contributed by atoms with E-state index in [4.69, 9.17) is 33.7 Å². The van der Waals surface area contributed by atoms with Crippen molar-refractivity contribution in [1.82, 2.24) is 0 Å². The number of hydrogen-bond donors (Lipinski definition) is 2. The van der Waals surface area contributed by atoms with E-state index in [0.29, 0.717) is 39.1 Å². The minimum atomic E-state index is -1.81. The Morgan fingerprint density at radius 2 is 1.83 bits per heavy atom. The Kier molecular flexibility index (Phi) is 5.50. The van der Waals surface area contributed by atoms with Gasteiger partial charge in [0.25, 0.3) is 0 Å². The third-order valence-electron chi connectivity index (χ3n) is 7.08. The molecule has 2 aromatic carbocycles. The van der Waals surface area contributed by atoms with Crippen LogP contribution in [0.15, 0.2) is 59.1 Å². The molecule has 36 heavy (non-hydrogen) atoms. The van der Waals surface area contributed by atoms with Crippen LogP contribution in [0.4, 0.5) is 11.4 Å². The highest BCUT2D eigenvalue weighted by Gasteiger charge is 2.63. The summed E-state index contributed by atoms with van der Waals surface area (Å²) < 4.78 is 5.15. The number of ether oxygens (including phenoxy) is 1. The number of allylic oxidation sites excluding steroid dienone is 1. The van der Waals surface area contributed by atoms with E-state index in [1.807, 2.05) is 26.8 Å². The molecule has 0 aromatic heterocycles. The monoisotopic (exact) mass is 525 g/mol. The molecule has 2 aliphatic heterocycles. The lowest BCUT2D eigenvalue weighted by molar-refractivity contribution is -0.138. The number of Topliss-reactive ketones (excluding diaryl/α,β-unsaturated/α-hetero) is 1. The largest absolute Gasteiger partial charge is 0.466 e. The van der Waals surface area contributed by atoms with E-state index in [0.717, 1.165) is 5.56 Å². The Balaban J connectivity index is 1.95. The highest BCUT2D eigenvalue weighted by atomic mass is 35.5. The van der Waals surface area contributed by atoms with Crippen LogP contribution in [-0.2, 0) is 24.5 Å². The SMILES string of the molecule is COC(=O)C1=C(N)N(c2ccc(C)cc2Cl)C2=C(C(=O)CC(C)(C)C2)C12C(=O)Nc1ccc(Cl)cc12. The number of carbonyl (C=O) groups excluding carboxylic acids is 3. The van der Waals surface area contributed by atoms with Gasteiger partial charge in [-0.1, -0.05) is 43.1 Å². The topological polar surface area (TPSA) is 102 Å². The fraction of sp³-hybridized carbons (Fsp3) is 0.296. The number of benzene rings is 2. The number of halogens is 2. The number of nitrogens with zero attached hydrogens (tertiary/aromatic N) is 1. The van der Waals surface area contributed by atoms with Gasteiger partial charge < -0.3 is 15.8 Å². The maximum Gasteiger partial charge on any atom is 0.339 e. The molecule has 1 spiro atoms. The van der Waals surface area contributed by atoms with Gasteiger partial charge in [0, 0.05) is 34.0 Å². The summed E-state index contributed by atoms with van der Waals surface area (Å²) >= 11 is 13.0. The minimum Gasteiger partial charge on any atom is -0.466 e. The second-order valence-corrected chi connectivity index (χ2v) is 11.0. The summed E-state index contributed by atoms with van der Waals surface area (Å²) in [5.41, 5.74) is 7.37. The van der Waals surface area contributed by atoms with Crippen molar-refractivity contribution in [1.29, 1.82) is 0 Å². The lowest BCUT2D eigenvalue weighted by Crippen LogP contribution is -2.54. The average Bonchev–Trinajstić information content (AvgIpc) is 3.05. The first-order valence-electron chi connectivity index (χ1n) is 11.5. The summed E-state index contributed by atoms with van der Waals surface area (Å²) in [4.78, 5) is 43.0. The maximum absolute atomic E-state index is 14.0. The van der Waals surface area contributed by atoms with Gasteiger partial charge in [-0.05, 0) is 54.7 Å². The van der Waals surface area contributed by atoms with Crippen LogP contribution in [0.1, 0.15) is 37.8 Å². The first kappa shape index (κ1) is 24.4. The van der Waals surface area contributed by atoms with E-state index in [2.05, 4.69) is 5.32 Å². The first-order chi connectivity index (χ1) is 16.9. The molecule has 3 N–H and O–H groups in total. The van der Waals surface area contributed by atoms with Crippen molar-refractivity contribution in [3.05, 3.63) is 80.2 Å². The summed E-state index contributed by atoms with van der Waals surface area (Å²) in [6.45, 7) is 5.86. The van der Waals surface area contributed by atoms with Crippen molar-refractivity contribution in [2.75, 3.05) is 17.3 Å². The van der Waals surface area contributed by atoms with Crippen molar-refractivity contribution in [2.24, 2.45) is 11.1 Å². The van der Waals surface area contributed by atoms with Gasteiger partial charge in [0.05, 0.1) is 17.8 Å². The van der Waals surface area contributed by atoms with Crippen LogP contribution in [0.5, 0.6) is 0 Å². The van der Waals surface area contributed by atoms with Gasteiger partial charge in [0.2, 0.25) is 5.91 Å². The van der Waals surface area contributed by atoms with Crippen molar-refractivity contribution >= 4 is 52.2 Å².